The normalized spacial score (nSPS) is 22.6. The molecule has 3 aromatic rings. The molecule has 1 heterocycles. The van der Waals surface area contributed by atoms with Crippen molar-refractivity contribution >= 4 is 33.0 Å². The number of nitrogens with one attached hydrogen (secondary N) is 1. The standard InChI is InChI=1S/C28H26ClF3N2O4S/c29-22-4-3-20(28(35)34-21-12-23(30)26(32)24(31)13-21)11-25(22)39(36,37)27-18-1-2-19(27)10-17(9-18)15-38-14-16-5-7-33-8-6-16/h3-8,11-13,17-19,27H,1-2,9-10,14-15H2,(H,34,35)/t17?,18-,19?,27?/m0/s1. The summed E-state index contributed by atoms with van der Waals surface area (Å²) < 4.78 is 73.9. The minimum absolute atomic E-state index is 0.00683. The summed E-state index contributed by atoms with van der Waals surface area (Å²) in [6, 6.07) is 8.88. The second-order valence-electron chi connectivity index (χ2n) is 10.2. The maximum Gasteiger partial charge on any atom is 0.255 e. The molecule has 2 aliphatic rings. The van der Waals surface area contributed by atoms with Gasteiger partial charge in [0.1, 0.15) is 0 Å². The quantitative estimate of drug-likeness (QED) is 0.322. The molecule has 0 radical (unpaired) electrons. The van der Waals surface area contributed by atoms with Crippen molar-refractivity contribution in [2.24, 2.45) is 17.8 Å². The predicted molar refractivity (Wildman–Crippen MR) is 140 cm³/mol. The molecule has 0 aliphatic heterocycles. The first-order valence-corrected chi connectivity index (χ1v) is 14.5. The fourth-order valence-corrected chi connectivity index (χ4v) is 8.78. The van der Waals surface area contributed by atoms with Crippen molar-refractivity contribution < 1.29 is 31.1 Å². The number of hydrogen-bond acceptors (Lipinski definition) is 5. The number of pyridine rings is 1. The second kappa shape index (κ2) is 11.3. The monoisotopic (exact) mass is 578 g/mol. The smallest absolute Gasteiger partial charge is 0.255 e. The van der Waals surface area contributed by atoms with Crippen molar-refractivity contribution in [2.45, 2.75) is 42.4 Å². The zero-order chi connectivity index (χ0) is 27.7. The number of halogens is 4. The molecule has 206 valence electrons. The Balaban J connectivity index is 1.29. The first kappa shape index (κ1) is 27.6. The van der Waals surface area contributed by atoms with E-state index < -0.39 is 38.4 Å². The van der Waals surface area contributed by atoms with Gasteiger partial charge in [-0.05, 0) is 79.3 Å². The SMILES string of the molecule is O=C(Nc1cc(F)c(F)c(F)c1)c1ccc(Cl)c(S(=O)(=O)C2C3CC[C@H]2CC(COCc2ccncc2)C3)c1. The van der Waals surface area contributed by atoms with Gasteiger partial charge in [0.2, 0.25) is 0 Å². The Kier molecular flexibility index (Phi) is 7.98. The summed E-state index contributed by atoms with van der Waals surface area (Å²) >= 11 is 6.32. The maximum atomic E-state index is 13.8. The Bertz CT molecular complexity index is 1450. The van der Waals surface area contributed by atoms with Gasteiger partial charge in [-0.15, -0.1) is 0 Å². The van der Waals surface area contributed by atoms with Gasteiger partial charge in [0.15, 0.2) is 27.3 Å². The van der Waals surface area contributed by atoms with Gasteiger partial charge in [-0.3, -0.25) is 9.78 Å². The largest absolute Gasteiger partial charge is 0.376 e. The number of rotatable bonds is 8. The van der Waals surface area contributed by atoms with E-state index in [0.29, 0.717) is 25.3 Å². The summed E-state index contributed by atoms with van der Waals surface area (Å²) in [6.07, 6.45) is 6.43. The molecule has 6 nitrogen and oxygen atoms in total. The Morgan fingerprint density at radius 2 is 1.64 bits per heavy atom. The van der Waals surface area contributed by atoms with Crippen molar-refractivity contribution in [1.29, 1.82) is 0 Å². The van der Waals surface area contributed by atoms with Crippen LogP contribution in [0.2, 0.25) is 5.02 Å². The van der Waals surface area contributed by atoms with Gasteiger partial charge in [0.05, 0.1) is 21.8 Å². The number of hydrogen-bond donors (Lipinski definition) is 1. The average molecular weight is 579 g/mol. The molecular weight excluding hydrogens is 553 g/mol. The molecule has 2 aliphatic carbocycles. The number of sulfone groups is 1. The molecule has 4 atom stereocenters. The van der Waals surface area contributed by atoms with Gasteiger partial charge in [-0.1, -0.05) is 11.6 Å². The van der Waals surface area contributed by atoms with E-state index in [1.165, 1.54) is 18.2 Å². The molecule has 2 aromatic carbocycles. The van der Waals surface area contributed by atoms with Crippen LogP contribution in [0.4, 0.5) is 18.9 Å². The molecule has 2 bridgehead atoms. The molecule has 3 unspecified atom stereocenters. The van der Waals surface area contributed by atoms with Gasteiger partial charge < -0.3 is 10.1 Å². The fraction of sp³-hybridized carbons (Fsp3) is 0.357. The van der Waals surface area contributed by atoms with E-state index in [1.54, 1.807) is 12.4 Å². The number of anilines is 1. The molecule has 2 saturated carbocycles. The summed E-state index contributed by atoms with van der Waals surface area (Å²) in [5, 5.41) is 1.64. The number of carbonyl (C=O) groups is 1. The first-order chi connectivity index (χ1) is 18.6. The summed E-state index contributed by atoms with van der Waals surface area (Å²) in [7, 11) is -3.89. The molecule has 39 heavy (non-hydrogen) atoms. The average Bonchev–Trinajstić information content (AvgIpc) is 3.19. The van der Waals surface area contributed by atoms with Gasteiger partial charge in [0.25, 0.3) is 5.91 Å². The van der Waals surface area contributed by atoms with Crippen LogP contribution < -0.4 is 5.32 Å². The lowest BCUT2D eigenvalue weighted by Crippen LogP contribution is -2.38. The van der Waals surface area contributed by atoms with Gasteiger partial charge in [-0.25, -0.2) is 21.6 Å². The highest BCUT2D eigenvalue weighted by atomic mass is 35.5. The summed E-state index contributed by atoms with van der Waals surface area (Å²) in [6.45, 7) is 1.01. The van der Waals surface area contributed by atoms with Crippen molar-refractivity contribution in [3.05, 3.63) is 88.5 Å². The van der Waals surface area contributed by atoms with E-state index >= 15 is 0 Å². The number of amides is 1. The molecule has 1 N–H and O–H groups in total. The highest BCUT2D eigenvalue weighted by Gasteiger charge is 2.50. The second-order valence-corrected chi connectivity index (χ2v) is 12.6. The van der Waals surface area contributed by atoms with Gasteiger partial charge in [0, 0.05) is 42.4 Å². The molecule has 2 fully saturated rings. The number of fused-ring (bicyclic) bond motifs is 2. The summed E-state index contributed by atoms with van der Waals surface area (Å²) in [5.74, 6) is -5.25. The van der Waals surface area contributed by atoms with Crippen molar-refractivity contribution in [3.63, 3.8) is 0 Å². The third kappa shape index (κ3) is 5.83. The Hall–Kier alpha value is -2.95. The van der Waals surface area contributed by atoms with E-state index in [9.17, 15) is 26.4 Å². The van der Waals surface area contributed by atoms with E-state index in [0.717, 1.165) is 31.2 Å². The van der Waals surface area contributed by atoms with E-state index in [2.05, 4.69) is 10.3 Å². The molecule has 1 amide bonds. The fourth-order valence-electron chi connectivity index (χ4n) is 5.90. The minimum Gasteiger partial charge on any atom is -0.376 e. The number of ether oxygens (including phenoxy) is 1. The van der Waals surface area contributed by atoms with Crippen LogP contribution in [0.25, 0.3) is 0 Å². The van der Waals surface area contributed by atoms with Crippen LogP contribution in [0.3, 0.4) is 0 Å². The summed E-state index contributed by atoms with van der Waals surface area (Å²) in [5.41, 5.74) is 0.657. The van der Waals surface area contributed by atoms with Crippen LogP contribution in [0, 0.1) is 35.2 Å². The van der Waals surface area contributed by atoms with Crippen LogP contribution in [0.5, 0.6) is 0 Å². The predicted octanol–water partition coefficient (Wildman–Crippen LogP) is 6.20. The molecule has 0 spiro atoms. The third-order valence-corrected chi connectivity index (χ3v) is 10.5. The van der Waals surface area contributed by atoms with Crippen LogP contribution in [-0.2, 0) is 21.2 Å². The van der Waals surface area contributed by atoms with Crippen molar-refractivity contribution in [1.82, 2.24) is 4.98 Å². The molecule has 1 aromatic heterocycles. The number of nitrogens with zero attached hydrogens (tertiary/aromatic N) is 1. The van der Waals surface area contributed by atoms with E-state index in [-0.39, 0.29) is 38.9 Å². The number of aromatic nitrogens is 1. The molecule has 11 heteroatoms. The van der Waals surface area contributed by atoms with E-state index in [4.69, 9.17) is 16.3 Å². The minimum atomic E-state index is -3.89. The van der Waals surface area contributed by atoms with Crippen molar-refractivity contribution in [2.75, 3.05) is 11.9 Å². The lowest BCUT2D eigenvalue weighted by Gasteiger charge is -2.35. The Labute approximate surface area is 229 Å². The van der Waals surface area contributed by atoms with Crippen LogP contribution >= 0.6 is 11.6 Å². The van der Waals surface area contributed by atoms with Crippen LogP contribution in [0.15, 0.2) is 59.8 Å². The topological polar surface area (TPSA) is 85.4 Å². The lowest BCUT2D eigenvalue weighted by atomic mass is 9.81. The van der Waals surface area contributed by atoms with Crippen molar-refractivity contribution in [3.8, 4) is 0 Å². The van der Waals surface area contributed by atoms with E-state index in [1.807, 2.05) is 12.1 Å². The molecule has 5 rings (SSSR count). The zero-order valence-corrected chi connectivity index (χ0v) is 22.3. The van der Waals surface area contributed by atoms with Gasteiger partial charge in [-0.2, -0.15) is 0 Å². The molecule has 0 saturated heterocycles. The van der Waals surface area contributed by atoms with Crippen LogP contribution in [0.1, 0.15) is 41.6 Å². The lowest BCUT2D eigenvalue weighted by molar-refractivity contribution is 0.0626. The van der Waals surface area contributed by atoms with Crippen LogP contribution in [-0.4, -0.2) is 31.2 Å². The Morgan fingerprint density at radius 3 is 2.28 bits per heavy atom. The third-order valence-electron chi connectivity index (χ3n) is 7.58. The summed E-state index contributed by atoms with van der Waals surface area (Å²) in [4.78, 5) is 16.6. The molecular formula is C28H26ClF3N2O4S. The zero-order valence-electron chi connectivity index (χ0n) is 20.7. The first-order valence-electron chi connectivity index (χ1n) is 12.6. The highest BCUT2D eigenvalue weighted by molar-refractivity contribution is 7.92. The number of benzene rings is 2. The maximum absolute atomic E-state index is 13.8. The van der Waals surface area contributed by atoms with Gasteiger partial charge >= 0.3 is 0 Å². The number of carbonyl (C=O) groups excluding carboxylic acids is 1. The Morgan fingerprint density at radius 1 is 1.00 bits per heavy atom. The highest BCUT2D eigenvalue weighted by Crippen LogP contribution is 2.50.